The van der Waals surface area contributed by atoms with Crippen LogP contribution in [0.3, 0.4) is 0 Å². The van der Waals surface area contributed by atoms with Crippen LogP contribution in [-0.2, 0) is 14.9 Å². The summed E-state index contributed by atoms with van der Waals surface area (Å²) >= 11 is 0. The molecule has 4 nitrogen and oxygen atoms in total. The zero-order chi connectivity index (χ0) is 16.2. The first-order valence-corrected chi connectivity index (χ1v) is 7.33. The molecule has 0 bridgehead atoms. The second-order valence-electron chi connectivity index (χ2n) is 5.42. The lowest BCUT2D eigenvalue weighted by atomic mass is 9.56. The van der Waals surface area contributed by atoms with Crippen molar-refractivity contribution in [3.8, 4) is 12.1 Å². The van der Waals surface area contributed by atoms with Gasteiger partial charge in [-0.15, -0.1) is 0 Å². The van der Waals surface area contributed by atoms with Crippen molar-refractivity contribution in [2.24, 2.45) is 11.8 Å². The molecule has 1 aromatic carbocycles. The van der Waals surface area contributed by atoms with Crippen LogP contribution < -0.4 is 0 Å². The van der Waals surface area contributed by atoms with E-state index in [0.29, 0.717) is 5.56 Å². The molecule has 1 aromatic rings. The highest BCUT2D eigenvalue weighted by Gasteiger charge is 2.56. The zero-order valence-corrected chi connectivity index (χ0v) is 12.4. The Morgan fingerprint density at radius 1 is 1.36 bits per heavy atom. The molecule has 5 heteroatoms. The zero-order valence-electron chi connectivity index (χ0n) is 12.4. The van der Waals surface area contributed by atoms with Crippen molar-refractivity contribution in [3.05, 3.63) is 35.6 Å². The number of nitrogens with zero attached hydrogens (tertiary/aromatic N) is 2. The summed E-state index contributed by atoms with van der Waals surface area (Å²) in [6.45, 7) is 1.85. The number of nitriles is 2. The summed E-state index contributed by atoms with van der Waals surface area (Å²) in [5.74, 6) is -2.30. The largest absolute Gasteiger partial charge is 0.465 e. The predicted molar refractivity (Wildman–Crippen MR) is 76.8 cm³/mol. The molecule has 1 saturated carbocycles. The number of carbonyl (C=O) groups excluding carboxylic acids is 1. The van der Waals surface area contributed by atoms with Crippen LogP contribution in [-0.4, -0.2) is 12.6 Å². The summed E-state index contributed by atoms with van der Waals surface area (Å²) in [5.41, 5.74) is -0.865. The van der Waals surface area contributed by atoms with Gasteiger partial charge in [-0.05, 0) is 43.4 Å². The van der Waals surface area contributed by atoms with Gasteiger partial charge in [0.25, 0.3) is 0 Å². The van der Waals surface area contributed by atoms with Crippen LogP contribution in [0.25, 0.3) is 0 Å². The molecule has 0 saturated heterocycles. The third-order valence-corrected chi connectivity index (χ3v) is 4.40. The van der Waals surface area contributed by atoms with E-state index < -0.39 is 23.1 Å². The van der Waals surface area contributed by atoms with Crippen molar-refractivity contribution in [2.75, 3.05) is 6.61 Å². The summed E-state index contributed by atoms with van der Waals surface area (Å²) in [5, 5.41) is 18.8. The lowest BCUT2D eigenvalue weighted by molar-refractivity contribution is -0.155. The van der Waals surface area contributed by atoms with Gasteiger partial charge in [-0.2, -0.15) is 10.5 Å². The molecule has 0 aliphatic heterocycles. The Balaban J connectivity index is 2.63. The first-order valence-electron chi connectivity index (χ1n) is 7.33. The van der Waals surface area contributed by atoms with Crippen LogP contribution in [0, 0.1) is 40.3 Å². The van der Waals surface area contributed by atoms with Gasteiger partial charge in [0.05, 0.1) is 18.7 Å². The van der Waals surface area contributed by atoms with Crippen molar-refractivity contribution in [1.82, 2.24) is 0 Å². The van der Waals surface area contributed by atoms with Gasteiger partial charge in [0.1, 0.15) is 11.2 Å². The molecule has 1 fully saturated rings. The molecule has 1 atom stereocenters. The van der Waals surface area contributed by atoms with E-state index in [1.807, 2.05) is 12.1 Å². The fraction of sp³-hybridized carbons (Fsp3) is 0.471. The second-order valence-corrected chi connectivity index (χ2v) is 5.42. The molecular weight excluding hydrogens is 283 g/mol. The number of benzene rings is 1. The Morgan fingerprint density at radius 2 is 1.95 bits per heavy atom. The quantitative estimate of drug-likeness (QED) is 0.783. The Bertz CT molecular complexity index is 612. The van der Waals surface area contributed by atoms with Gasteiger partial charge in [0.2, 0.25) is 0 Å². The Hall–Kier alpha value is -2.40. The van der Waals surface area contributed by atoms with E-state index in [1.165, 1.54) is 24.3 Å². The van der Waals surface area contributed by atoms with Gasteiger partial charge in [-0.1, -0.05) is 18.6 Å². The van der Waals surface area contributed by atoms with Crippen LogP contribution >= 0.6 is 0 Å². The van der Waals surface area contributed by atoms with E-state index in [9.17, 15) is 19.7 Å². The lowest BCUT2D eigenvalue weighted by Gasteiger charge is -2.44. The average Bonchev–Trinajstić information content (AvgIpc) is 2.46. The second kappa shape index (κ2) is 6.58. The summed E-state index contributed by atoms with van der Waals surface area (Å²) in [6.07, 6.45) is 2.43. The highest BCUT2D eigenvalue weighted by atomic mass is 19.1. The highest BCUT2D eigenvalue weighted by Crippen LogP contribution is 2.49. The molecule has 0 spiro atoms. The smallest absolute Gasteiger partial charge is 0.319 e. The normalized spacial score (nSPS) is 17.0. The lowest BCUT2D eigenvalue weighted by Crippen LogP contribution is -2.51. The molecule has 114 valence electrons. The van der Waals surface area contributed by atoms with E-state index >= 15 is 0 Å². The molecule has 22 heavy (non-hydrogen) atoms. The van der Waals surface area contributed by atoms with Gasteiger partial charge in [0.15, 0.2) is 5.92 Å². The summed E-state index contributed by atoms with van der Waals surface area (Å²) in [6, 6.07) is 9.32. The predicted octanol–water partition coefficient (Wildman–Crippen LogP) is 3.09. The molecule has 0 amide bonds. The SMILES string of the molecule is CCOC(=O)[C@@](c1ccc(F)cc1)(C(C#N)C#N)C1CCC1. The minimum Gasteiger partial charge on any atom is -0.465 e. The van der Waals surface area contributed by atoms with Crippen molar-refractivity contribution in [1.29, 1.82) is 10.5 Å². The van der Waals surface area contributed by atoms with E-state index in [1.54, 1.807) is 6.92 Å². The molecule has 1 aliphatic carbocycles. The van der Waals surface area contributed by atoms with Crippen LogP contribution in [0.1, 0.15) is 31.7 Å². The number of hydrogen-bond acceptors (Lipinski definition) is 4. The van der Waals surface area contributed by atoms with Crippen LogP contribution in [0.5, 0.6) is 0 Å². The third kappa shape index (κ3) is 2.44. The van der Waals surface area contributed by atoms with Crippen molar-refractivity contribution in [2.45, 2.75) is 31.6 Å². The number of halogens is 1. The van der Waals surface area contributed by atoms with Gasteiger partial charge >= 0.3 is 5.97 Å². The topological polar surface area (TPSA) is 73.9 Å². The summed E-state index contributed by atoms with van der Waals surface area (Å²) < 4.78 is 18.4. The summed E-state index contributed by atoms with van der Waals surface area (Å²) in [4.78, 5) is 12.7. The number of esters is 1. The molecule has 2 rings (SSSR count). The van der Waals surface area contributed by atoms with Crippen molar-refractivity contribution >= 4 is 5.97 Å². The van der Waals surface area contributed by atoms with Gasteiger partial charge < -0.3 is 4.74 Å². The first kappa shape index (κ1) is 16.0. The first-order chi connectivity index (χ1) is 10.6. The van der Waals surface area contributed by atoms with E-state index in [0.717, 1.165) is 19.3 Å². The minimum atomic E-state index is -1.34. The van der Waals surface area contributed by atoms with Gasteiger partial charge in [-0.3, -0.25) is 4.79 Å². The van der Waals surface area contributed by atoms with Crippen molar-refractivity contribution in [3.63, 3.8) is 0 Å². The highest BCUT2D eigenvalue weighted by molar-refractivity contribution is 5.85. The molecule has 0 unspecified atom stereocenters. The van der Waals surface area contributed by atoms with Gasteiger partial charge in [-0.25, -0.2) is 4.39 Å². The van der Waals surface area contributed by atoms with Crippen LogP contribution in [0.15, 0.2) is 24.3 Å². The van der Waals surface area contributed by atoms with E-state index in [4.69, 9.17) is 4.74 Å². The molecule has 1 aliphatic rings. The minimum absolute atomic E-state index is 0.138. The Kier molecular flexibility index (Phi) is 4.78. The number of ether oxygens (including phenoxy) is 1. The maximum absolute atomic E-state index is 13.2. The average molecular weight is 300 g/mol. The number of carbonyl (C=O) groups is 1. The fourth-order valence-electron chi connectivity index (χ4n) is 3.11. The van der Waals surface area contributed by atoms with Crippen LogP contribution in [0.4, 0.5) is 4.39 Å². The summed E-state index contributed by atoms with van der Waals surface area (Å²) in [7, 11) is 0. The Morgan fingerprint density at radius 3 is 2.36 bits per heavy atom. The Labute approximate surface area is 129 Å². The molecular formula is C17H17FN2O2. The number of hydrogen-bond donors (Lipinski definition) is 0. The molecule has 0 heterocycles. The fourth-order valence-corrected chi connectivity index (χ4v) is 3.11. The standard InChI is InChI=1S/C17H17FN2O2/c1-2-22-16(21)17(12-4-3-5-12,14(10-19)11-20)13-6-8-15(18)9-7-13/h6-9,12,14H,2-5H2,1H3/t17-/m0/s1. The monoisotopic (exact) mass is 300 g/mol. The van der Waals surface area contributed by atoms with Gasteiger partial charge in [0, 0.05) is 0 Å². The maximum Gasteiger partial charge on any atom is 0.319 e. The molecule has 0 N–H and O–H groups in total. The van der Waals surface area contributed by atoms with Crippen molar-refractivity contribution < 1.29 is 13.9 Å². The van der Waals surface area contributed by atoms with E-state index in [2.05, 4.69) is 0 Å². The molecule has 0 aromatic heterocycles. The molecule has 0 radical (unpaired) electrons. The van der Waals surface area contributed by atoms with E-state index in [-0.39, 0.29) is 12.5 Å². The number of rotatable bonds is 5. The maximum atomic E-state index is 13.2. The van der Waals surface area contributed by atoms with Crippen LogP contribution in [0.2, 0.25) is 0 Å². The third-order valence-electron chi connectivity index (χ3n) is 4.40.